The van der Waals surface area contributed by atoms with Gasteiger partial charge in [0.05, 0.1) is 18.7 Å². The van der Waals surface area contributed by atoms with E-state index >= 15 is 0 Å². The molecule has 6 heteroatoms. The van der Waals surface area contributed by atoms with Gasteiger partial charge in [-0.05, 0) is 38.5 Å². The average Bonchev–Trinajstić information content (AvgIpc) is 2.93. The van der Waals surface area contributed by atoms with E-state index in [0.29, 0.717) is 18.7 Å². The molecule has 1 N–H and O–H groups in total. The quantitative estimate of drug-likeness (QED) is 0.128. The smallest absolute Gasteiger partial charge is 0.228 e. The number of carbonyl (C=O) groups excluding carboxylic acids is 1. The second-order valence-corrected chi connectivity index (χ2v) is 11.4. The molecule has 1 heterocycles. The van der Waals surface area contributed by atoms with Crippen LogP contribution >= 0.6 is 0 Å². The molecule has 1 aromatic heterocycles. The van der Waals surface area contributed by atoms with Crippen LogP contribution in [0.1, 0.15) is 106 Å². The first-order valence-electron chi connectivity index (χ1n) is 15.7. The van der Waals surface area contributed by atoms with Crippen molar-refractivity contribution in [2.75, 3.05) is 11.9 Å². The van der Waals surface area contributed by atoms with Crippen LogP contribution in [0.2, 0.25) is 0 Å². The number of aromatic nitrogens is 1. The van der Waals surface area contributed by atoms with Gasteiger partial charge >= 0.3 is 0 Å². The molecule has 0 bridgehead atoms. The van der Waals surface area contributed by atoms with Crippen molar-refractivity contribution in [3.05, 3.63) is 89.0 Å². The second-order valence-electron chi connectivity index (χ2n) is 11.4. The number of pyridine rings is 1. The van der Waals surface area contributed by atoms with Crippen molar-refractivity contribution in [3.63, 3.8) is 0 Å². The summed E-state index contributed by atoms with van der Waals surface area (Å²) in [6.45, 7) is 7.52. The van der Waals surface area contributed by atoms with Crippen molar-refractivity contribution in [2.45, 2.75) is 111 Å². The molecule has 0 unspecified atom stereocenters. The molecule has 3 aromatic rings. The molecule has 2 aromatic carbocycles. The SMILES string of the molecule is CCCCCCCCCCCCCCOc1c(F)cccc1CC(=O)Nc1ccccc1C[n+]1cc(C)cc(C)c1.[Br-]. The molecule has 0 spiro atoms. The Morgan fingerprint density at radius 3 is 2.00 bits per heavy atom. The number of carbonyl (C=O) groups is 1. The summed E-state index contributed by atoms with van der Waals surface area (Å²) in [4.78, 5) is 13.1. The third kappa shape index (κ3) is 13.1. The van der Waals surface area contributed by atoms with Crippen LogP contribution in [-0.2, 0) is 17.8 Å². The Hall–Kier alpha value is -2.73. The molecule has 0 radical (unpaired) electrons. The molecular weight excluding hydrogens is 591 g/mol. The van der Waals surface area contributed by atoms with E-state index in [9.17, 15) is 9.18 Å². The molecule has 4 nitrogen and oxygen atoms in total. The summed E-state index contributed by atoms with van der Waals surface area (Å²) in [6.07, 6.45) is 19.4. The summed E-state index contributed by atoms with van der Waals surface area (Å²) < 4.78 is 22.7. The number of aryl methyl sites for hydroxylation is 2. The summed E-state index contributed by atoms with van der Waals surface area (Å²) in [5, 5.41) is 3.04. The number of halogens is 2. The van der Waals surface area contributed by atoms with Crippen molar-refractivity contribution in [1.82, 2.24) is 0 Å². The molecule has 0 atom stereocenters. The standard InChI is InChI=1S/C36H49FN2O2.BrH/c1-4-5-6-7-8-9-10-11-12-13-14-17-23-41-36-31(20-18-21-33(36)37)25-35(40)38-34-22-16-15-19-32(34)28-39-26-29(2)24-30(3)27-39;/h15-16,18-22,24,26-27H,4-14,17,23,25,28H2,1-3H3;1H. The second kappa shape index (κ2) is 20.2. The van der Waals surface area contributed by atoms with Gasteiger partial charge in [-0.25, -0.2) is 8.96 Å². The van der Waals surface area contributed by atoms with Crippen molar-refractivity contribution < 1.29 is 35.5 Å². The number of nitrogens with zero attached hydrogens (tertiary/aromatic N) is 1. The minimum atomic E-state index is -0.416. The monoisotopic (exact) mass is 640 g/mol. The number of benzene rings is 2. The highest BCUT2D eigenvalue weighted by molar-refractivity contribution is 5.93. The Labute approximate surface area is 263 Å². The van der Waals surface area contributed by atoms with E-state index in [0.717, 1.165) is 24.1 Å². The first-order valence-corrected chi connectivity index (χ1v) is 15.7. The lowest BCUT2D eigenvalue weighted by atomic mass is 10.1. The van der Waals surface area contributed by atoms with Gasteiger partial charge in [-0.1, -0.05) is 108 Å². The molecule has 0 saturated heterocycles. The third-order valence-corrected chi connectivity index (χ3v) is 7.48. The van der Waals surface area contributed by atoms with Crippen molar-refractivity contribution >= 4 is 11.6 Å². The molecular formula is C36H50BrFN2O2. The Balaban J connectivity index is 0.00000616. The Kier molecular flexibility index (Phi) is 17.1. The van der Waals surface area contributed by atoms with E-state index < -0.39 is 5.82 Å². The maximum atomic E-state index is 14.7. The van der Waals surface area contributed by atoms with Crippen molar-refractivity contribution in [1.29, 1.82) is 0 Å². The van der Waals surface area contributed by atoms with E-state index in [1.807, 2.05) is 24.3 Å². The van der Waals surface area contributed by atoms with Crippen LogP contribution < -0.4 is 31.6 Å². The van der Waals surface area contributed by atoms with Gasteiger partial charge in [-0.15, -0.1) is 0 Å². The van der Waals surface area contributed by atoms with Gasteiger partial charge in [-0.3, -0.25) is 4.79 Å². The molecule has 0 saturated carbocycles. The third-order valence-electron chi connectivity index (χ3n) is 7.48. The van der Waals surface area contributed by atoms with Crippen molar-refractivity contribution in [2.24, 2.45) is 0 Å². The number of amides is 1. The number of nitrogens with one attached hydrogen (secondary N) is 1. The Morgan fingerprint density at radius 2 is 1.36 bits per heavy atom. The maximum Gasteiger partial charge on any atom is 0.228 e. The molecule has 0 fully saturated rings. The number of para-hydroxylation sites is 2. The van der Waals surface area contributed by atoms with E-state index in [4.69, 9.17) is 4.74 Å². The van der Waals surface area contributed by atoms with Gasteiger partial charge in [0, 0.05) is 22.3 Å². The van der Waals surface area contributed by atoms with Crippen LogP contribution in [0.5, 0.6) is 5.75 Å². The lowest BCUT2D eigenvalue weighted by Crippen LogP contribution is -3.00. The zero-order chi connectivity index (χ0) is 29.3. The number of hydrogen-bond acceptors (Lipinski definition) is 2. The zero-order valence-electron chi connectivity index (χ0n) is 25.9. The average molecular weight is 642 g/mol. The van der Waals surface area contributed by atoms with E-state index in [2.05, 4.69) is 49.1 Å². The van der Waals surface area contributed by atoms with E-state index in [-0.39, 0.29) is 35.1 Å². The summed E-state index contributed by atoms with van der Waals surface area (Å²) in [5.41, 5.74) is 4.72. The normalized spacial score (nSPS) is 10.8. The van der Waals surface area contributed by atoms with Crippen LogP contribution in [0, 0.1) is 19.7 Å². The highest BCUT2D eigenvalue weighted by Gasteiger charge is 2.16. The van der Waals surface area contributed by atoms with Gasteiger partial charge in [0.15, 0.2) is 30.5 Å². The Bertz CT molecular complexity index is 1200. The predicted molar refractivity (Wildman–Crippen MR) is 167 cm³/mol. The summed E-state index contributed by atoms with van der Waals surface area (Å²) in [6, 6.07) is 14.8. The molecule has 3 rings (SSSR count). The van der Waals surface area contributed by atoms with Crippen LogP contribution in [0.4, 0.5) is 10.1 Å². The lowest BCUT2D eigenvalue weighted by Gasteiger charge is -2.14. The molecule has 230 valence electrons. The summed E-state index contributed by atoms with van der Waals surface area (Å²) >= 11 is 0. The lowest BCUT2D eigenvalue weighted by molar-refractivity contribution is -0.688. The van der Waals surface area contributed by atoms with Crippen molar-refractivity contribution in [3.8, 4) is 5.75 Å². The zero-order valence-corrected chi connectivity index (χ0v) is 27.5. The largest absolute Gasteiger partial charge is 1.00 e. The minimum absolute atomic E-state index is 0. The highest BCUT2D eigenvalue weighted by atomic mass is 79.9. The number of anilines is 1. The molecule has 1 amide bonds. The summed E-state index contributed by atoms with van der Waals surface area (Å²) in [5.74, 6) is -0.408. The summed E-state index contributed by atoms with van der Waals surface area (Å²) in [7, 11) is 0. The molecule has 0 aliphatic carbocycles. The topological polar surface area (TPSA) is 42.2 Å². The van der Waals surface area contributed by atoms with E-state index in [1.165, 1.54) is 81.4 Å². The van der Waals surface area contributed by atoms with Gasteiger partial charge in [0.2, 0.25) is 5.91 Å². The van der Waals surface area contributed by atoms with Crippen LogP contribution in [0.15, 0.2) is 60.9 Å². The molecule has 42 heavy (non-hydrogen) atoms. The number of ether oxygens (including phenoxy) is 1. The fraction of sp³-hybridized carbons (Fsp3) is 0.500. The highest BCUT2D eigenvalue weighted by Crippen LogP contribution is 2.25. The Morgan fingerprint density at radius 1 is 0.786 bits per heavy atom. The van der Waals surface area contributed by atoms with Gasteiger partial charge in [0.1, 0.15) is 0 Å². The van der Waals surface area contributed by atoms with Crippen LogP contribution in [0.3, 0.4) is 0 Å². The van der Waals surface area contributed by atoms with Gasteiger partial charge in [-0.2, -0.15) is 0 Å². The number of rotatable bonds is 19. The van der Waals surface area contributed by atoms with Gasteiger partial charge in [0.25, 0.3) is 0 Å². The van der Waals surface area contributed by atoms with Crippen LogP contribution in [-0.4, -0.2) is 12.5 Å². The number of hydrogen-bond donors (Lipinski definition) is 1. The van der Waals surface area contributed by atoms with Gasteiger partial charge < -0.3 is 27.0 Å². The van der Waals surface area contributed by atoms with E-state index in [1.54, 1.807) is 12.1 Å². The molecule has 0 aliphatic heterocycles. The van der Waals surface area contributed by atoms with Crippen LogP contribution in [0.25, 0.3) is 0 Å². The fourth-order valence-corrected chi connectivity index (χ4v) is 5.40. The maximum absolute atomic E-state index is 14.7. The predicted octanol–water partition coefficient (Wildman–Crippen LogP) is 6.04. The molecule has 0 aliphatic rings. The first-order chi connectivity index (χ1) is 20.0. The minimum Gasteiger partial charge on any atom is -1.00 e. The fourth-order valence-electron chi connectivity index (χ4n) is 5.40. The number of unbranched alkanes of at least 4 members (excludes halogenated alkanes) is 11. The first kappa shape index (κ1) is 35.5.